The Morgan fingerprint density at radius 3 is 2.42 bits per heavy atom. The van der Waals surface area contributed by atoms with Crippen molar-refractivity contribution < 1.29 is 9.59 Å². The van der Waals surface area contributed by atoms with E-state index in [0.717, 1.165) is 15.5 Å². The number of carbonyl (C=O) groups excluding carboxylic acids is 2. The Morgan fingerprint density at radius 2 is 1.68 bits per heavy atom. The molecule has 0 bridgehead atoms. The third-order valence-corrected chi connectivity index (χ3v) is 5.46. The predicted octanol–water partition coefficient (Wildman–Crippen LogP) is 5.02. The Kier molecular flexibility index (Phi) is 6.34. The van der Waals surface area contributed by atoms with Gasteiger partial charge in [0.25, 0.3) is 5.91 Å². The molecule has 4 rings (SSSR count). The van der Waals surface area contributed by atoms with Crippen LogP contribution in [-0.2, 0) is 17.9 Å². The summed E-state index contributed by atoms with van der Waals surface area (Å²) in [6.07, 6.45) is 0. The van der Waals surface area contributed by atoms with Crippen LogP contribution in [-0.4, -0.2) is 21.4 Å². The first kappa shape index (κ1) is 21.1. The van der Waals surface area contributed by atoms with E-state index >= 15 is 0 Å². The van der Waals surface area contributed by atoms with Gasteiger partial charge in [0.05, 0.1) is 17.6 Å². The maximum atomic E-state index is 12.7. The predicted molar refractivity (Wildman–Crippen MR) is 125 cm³/mol. The van der Waals surface area contributed by atoms with E-state index in [9.17, 15) is 9.59 Å². The number of hydrogen-bond donors (Lipinski definition) is 2. The number of aromatic nitrogens is 2. The number of rotatable bonds is 6. The first-order valence-electron chi connectivity index (χ1n) is 9.53. The molecule has 0 aliphatic carbocycles. The molecular formula is C23H18BrClN4O2. The van der Waals surface area contributed by atoms with Crippen molar-refractivity contribution in [1.29, 1.82) is 0 Å². The van der Waals surface area contributed by atoms with Crippen LogP contribution >= 0.6 is 27.5 Å². The molecule has 2 N–H and O–H groups in total. The number of halogens is 2. The molecule has 6 nitrogen and oxygen atoms in total. The molecule has 8 heteroatoms. The van der Waals surface area contributed by atoms with Crippen LogP contribution in [0.2, 0.25) is 5.02 Å². The molecule has 0 fully saturated rings. The molecule has 0 aliphatic rings. The molecule has 4 aromatic rings. The van der Waals surface area contributed by atoms with Gasteiger partial charge in [-0.1, -0.05) is 39.7 Å². The first-order chi connectivity index (χ1) is 15.0. The van der Waals surface area contributed by atoms with Gasteiger partial charge in [0.15, 0.2) is 0 Å². The summed E-state index contributed by atoms with van der Waals surface area (Å²) in [6, 6.07) is 21.6. The average Bonchev–Trinajstić information content (AvgIpc) is 3.11. The topological polar surface area (TPSA) is 76.0 Å². The molecule has 0 spiro atoms. The van der Waals surface area contributed by atoms with E-state index in [2.05, 4.69) is 31.5 Å². The highest BCUT2D eigenvalue weighted by molar-refractivity contribution is 9.10. The molecule has 0 radical (unpaired) electrons. The van der Waals surface area contributed by atoms with E-state index in [0.29, 0.717) is 22.1 Å². The zero-order chi connectivity index (χ0) is 21.8. The summed E-state index contributed by atoms with van der Waals surface area (Å²) in [6.45, 7) is 0.254. The van der Waals surface area contributed by atoms with Crippen LogP contribution in [0.4, 0.5) is 5.69 Å². The minimum Gasteiger partial charge on any atom is -0.345 e. The van der Waals surface area contributed by atoms with Gasteiger partial charge in [0.1, 0.15) is 12.4 Å². The van der Waals surface area contributed by atoms with Gasteiger partial charge in [0.2, 0.25) is 5.91 Å². The van der Waals surface area contributed by atoms with Gasteiger partial charge in [-0.15, -0.1) is 0 Å². The van der Waals surface area contributed by atoms with Crippen LogP contribution in [0.15, 0.2) is 77.3 Å². The summed E-state index contributed by atoms with van der Waals surface area (Å²) in [5.41, 5.74) is 2.79. The second-order valence-corrected chi connectivity index (χ2v) is 8.20. The van der Waals surface area contributed by atoms with Crippen LogP contribution in [0.25, 0.3) is 11.0 Å². The van der Waals surface area contributed by atoms with Crippen LogP contribution in [0.1, 0.15) is 16.2 Å². The zero-order valence-corrected chi connectivity index (χ0v) is 18.7. The van der Waals surface area contributed by atoms with Crippen LogP contribution in [0, 0.1) is 0 Å². The Bertz CT molecular complexity index is 1240. The lowest BCUT2D eigenvalue weighted by molar-refractivity contribution is -0.116. The smallest absolute Gasteiger partial charge is 0.251 e. The molecule has 0 aliphatic heterocycles. The fraction of sp³-hybridized carbons (Fsp3) is 0.0870. The fourth-order valence-corrected chi connectivity index (χ4v) is 3.57. The average molecular weight is 498 g/mol. The van der Waals surface area contributed by atoms with E-state index < -0.39 is 0 Å². The Balaban J connectivity index is 1.52. The van der Waals surface area contributed by atoms with E-state index in [1.807, 2.05) is 53.1 Å². The second kappa shape index (κ2) is 9.32. The number of amides is 2. The van der Waals surface area contributed by atoms with Gasteiger partial charge < -0.3 is 15.2 Å². The zero-order valence-electron chi connectivity index (χ0n) is 16.3. The number of benzene rings is 3. The Hall–Kier alpha value is -3.16. The molecule has 31 heavy (non-hydrogen) atoms. The minimum absolute atomic E-state index is 0.0721. The highest BCUT2D eigenvalue weighted by Gasteiger charge is 2.15. The molecule has 3 aromatic carbocycles. The summed E-state index contributed by atoms with van der Waals surface area (Å²) >= 11 is 9.26. The summed E-state index contributed by atoms with van der Waals surface area (Å²) in [5, 5.41) is 6.32. The third kappa shape index (κ3) is 5.13. The van der Waals surface area contributed by atoms with Gasteiger partial charge in [-0.25, -0.2) is 4.98 Å². The normalized spacial score (nSPS) is 10.8. The fourth-order valence-electron chi connectivity index (χ4n) is 3.18. The van der Waals surface area contributed by atoms with E-state index in [1.165, 1.54) is 0 Å². The third-order valence-electron chi connectivity index (χ3n) is 4.68. The number of para-hydroxylation sites is 2. The lowest BCUT2D eigenvalue weighted by Gasteiger charge is -2.11. The number of carbonyl (C=O) groups is 2. The van der Waals surface area contributed by atoms with Gasteiger partial charge >= 0.3 is 0 Å². The van der Waals surface area contributed by atoms with E-state index in [1.54, 1.807) is 24.3 Å². The lowest BCUT2D eigenvalue weighted by atomic mass is 10.2. The molecule has 0 saturated heterocycles. The standard InChI is InChI=1S/C23H18BrClN4O2/c24-16-7-11-18(12-8-16)27-22(30)14-29-20-4-2-1-3-19(20)28-21(29)13-26-23(31)15-5-9-17(25)10-6-15/h1-12H,13-14H2,(H,26,31)(H,27,30). The van der Waals surface area contributed by atoms with E-state index in [-0.39, 0.29) is 24.9 Å². The molecule has 156 valence electrons. The number of fused-ring (bicyclic) bond motifs is 1. The van der Waals surface area contributed by atoms with Gasteiger partial charge in [0, 0.05) is 20.7 Å². The van der Waals surface area contributed by atoms with Crippen LogP contribution in [0.3, 0.4) is 0 Å². The monoisotopic (exact) mass is 496 g/mol. The van der Waals surface area contributed by atoms with Crippen LogP contribution in [0.5, 0.6) is 0 Å². The van der Waals surface area contributed by atoms with Gasteiger partial charge in [-0.2, -0.15) is 0 Å². The maximum Gasteiger partial charge on any atom is 0.251 e. The lowest BCUT2D eigenvalue weighted by Crippen LogP contribution is -2.26. The highest BCUT2D eigenvalue weighted by Crippen LogP contribution is 2.18. The van der Waals surface area contributed by atoms with Crippen molar-refractivity contribution in [2.45, 2.75) is 13.1 Å². The summed E-state index contributed by atoms with van der Waals surface area (Å²) < 4.78 is 2.75. The molecule has 0 atom stereocenters. The molecule has 0 saturated carbocycles. The van der Waals surface area contributed by atoms with Crippen molar-refractivity contribution in [1.82, 2.24) is 14.9 Å². The molecule has 0 unspecified atom stereocenters. The Labute approximate surface area is 192 Å². The minimum atomic E-state index is -0.241. The largest absolute Gasteiger partial charge is 0.345 e. The number of imidazole rings is 1. The van der Waals surface area contributed by atoms with Crippen molar-refractivity contribution in [3.05, 3.63) is 93.7 Å². The number of anilines is 1. The maximum absolute atomic E-state index is 12.7. The summed E-state index contributed by atoms with van der Waals surface area (Å²) in [4.78, 5) is 29.8. The first-order valence-corrected chi connectivity index (χ1v) is 10.7. The van der Waals surface area contributed by atoms with Crippen molar-refractivity contribution in [2.75, 3.05) is 5.32 Å². The number of nitrogens with one attached hydrogen (secondary N) is 2. The SMILES string of the molecule is O=C(Cn1c(CNC(=O)c2ccc(Cl)cc2)nc2ccccc21)Nc1ccc(Br)cc1. The van der Waals surface area contributed by atoms with Crippen molar-refractivity contribution in [3.8, 4) is 0 Å². The Morgan fingerprint density at radius 1 is 0.968 bits per heavy atom. The van der Waals surface area contributed by atoms with Crippen molar-refractivity contribution >= 4 is 56.1 Å². The summed E-state index contributed by atoms with van der Waals surface area (Å²) in [5.74, 6) is 0.166. The molecule has 2 amide bonds. The van der Waals surface area contributed by atoms with Gasteiger partial charge in [-0.05, 0) is 60.7 Å². The van der Waals surface area contributed by atoms with Gasteiger partial charge in [-0.3, -0.25) is 9.59 Å². The molecular weight excluding hydrogens is 480 g/mol. The van der Waals surface area contributed by atoms with Crippen molar-refractivity contribution in [3.63, 3.8) is 0 Å². The quantitative estimate of drug-likeness (QED) is 0.393. The van der Waals surface area contributed by atoms with E-state index in [4.69, 9.17) is 11.6 Å². The highest BCUT2D eigenvalue weighted by atomic mass is 79.9. The summed E-state index contributed by atoms with van der Waals surface area (Å²) in [7, 11) is 0. The van der Waals surface area contributed by atoms with Crippen LogP contribution < -0.4 is 10.6 Å². The number of hydrogen-bond acceptors (Lipinski definition) is 3. The molecule has 1 aromatic heterocycles. The number of nitrogens with zero attached hydrogens (tertiary/aromatic N) is 2. The molecule has 1 heterocycles. The second-order valence-electron chi connectivity index (χ2n) is 6.85. The van der Waals surface area contributed by atoms with Crippen molar-refractivity contribution in [2.24, 2.45) is 0 Å².